The molecule has 1 amide bonds. The Morgan fingerprint density at radius 1 is 1.03 bits per heavy atom. The van der Waals surface area contributed by atoms with Gasteiger partial charge in [-0.05, 0) is 98.3 Å². The van der Waals surface area contributed by atoms with Gasteiger partial charge in [-0.25, -0.2) is 12.8 Å². The summed E-state index contributed by atoms with van der Waals surface area (Å²) >= 11 is 0. The van der Waals surface area contributed by atoms with Crippen molar-refractivity contribution in [1.29, 1.82) is 0 Å². The molecule has 4 rings (SSSR count). The Kier molecular flexibility index (Phi) is 7.40. The van der Waals surface area contributed by atoms with Crippen LogP contribution in [0.2, 0.25) is 0 Å². The third kappa shape index (κ3) is 5.65. The second kappa shape index (κ2) is 10.5. The van der Waals surface area contributed by atoms with E-state index in [1.165, 1.54) is 23.3 Å². The molecule has 0 radical (unpaired) electrons. The summed E-state index contributed by atoms with van der Waals surface area (Å²) in [5.74, 6) is -0.403. The highest BCUT2D eigenvalue weighted by Crippen LogP contribution is 2.27. The highest BCUT2D eigenvalue weighted by molar-refractivity contribution is 7.92. The second-order valence-electron chi connectivity index (χ2n) is 8.56. The molecule has 0 unspecified atom stereocenters. The zero-order chi connectivity index (χ0) is 25.0. The van der Waals surface area contributed by atoms with Gasteiger partial charge in [0.15, 0.2) is 0 Å². The van der Waals surface area contributed by atoms with E-state index >= 15 is 0 Å². The lowest BCUT2D eigenvalue weighted by Crippen LogP contribution is -2.41. The maximum Gasteiger partial charge on any atom is 0.264 e. The van der Waals surface area contributed by atoms with E-state index in [0.29, 0.717) is 18.0 Å². The SMILES string of the molecule is CCOc1ccc(N(CC(=O)N[C@H](C)c2ccc3c(c2)CCC3)S(=O)(=O)c2ccc(F)cc2)cc1. The molecule has 0 aromatic heterocycles. The Bertz CT molecular complexity index is 1290. The third-order valence-corrected chi connectivity index (χ3v) is 7.91. The number of benzene rings is 3. The van der Waals surface area contributed by atoms with Gasteiger partial charge in [0.05, 0.1) is 23.2 Å². The topological polar surface area (TPSA) is 75.7 Å². The second-order valence-corrected chi connectivity index (χ2v) is 10.4. The number of hydrogen-bond donors (Lipinski definition) is 1. The molecular weight excluding hydrogens is 467 g/mol. The minimum absolute atomic E-state index is 0.104. The first-order valence-corrected chi connectivity index (χ1v) is 13.1. The molecule has 1 aliphatic rings. The molecule has 0 saturated heterocycles. The number of nitrogens with one attached hydrogen (secondary N) is 1. The summed E-state index contributed by atoms with van der Waals surface area (Å²) in [6.07, 6.45) is 3.25. The van der Waals surface area contributed by atoms with Gasteiger partial charge in [0.2, 0.25) is 5.91 Å². The lowest BCUT2D eigenvalue weighted by Gasteiger charge is -2.25. The van der Waals surface area contributed by atoms with Crippen LogP contribution in [0.25, 0.3) is 0 Å². The van der Waals surface area contributed by atoms with Gasteiger partial charge in [0, 0.05) is 0 Å². The number of fused-ring (bicyclic) bond motifs is 1. The number of hydrogen-bond acceptors (Lipinski definition) is 4. The number of amides is 1. The smallest absolute Gasteiger partial charge is 0.264 e. The highest BCUT2D eigenvalue weighted by Gasteiger charge is 2.28. The van der Waals surface area contributed by atoms with Crippen molar-refractivity contribution in [2.75, 3.05) is 17.5 Å². The molecule has 0 fully saturated rings. The summed E-state index contributed by atoms with van der Waals surface area (Å²) in [6, 6.07) is 17.0. The summed E-state index contributed by atoms with van der Waals surface area (Å²) in [5.41, 5.74) is 3.93. The van der Waals surface area contributed by atoms with Crippen molar-refractivity contribution in [2.24, 2.45) is 0 Å². The van der Waals surface area contributed by atoms with Crippen LogP contribution in [-0.4, -0.2) is 27.5 Å². The zero-order valence-corrected chi connectivity index (χ0v) is 20.6. The molecule has 0 bridgehead atoms. The maximum atomic E-state index is 13.5. The van der Waals surface area contributed by atoms with Crippen molar-refractivity contribution in [3.63, 3.8) is 0 Å². The molecule has 184 valence electrons. The molecular formula is C27H29FN2O4S. The van der Waals surface area contributed by atoms with Gasteiger partial charge in [-0.2, -0.15) is 0 Å². The van der Waals surface area contributed by atoms with Crippen molar-refractivity contribution in [3.8, 4) is 5.75 Å². The van der Waals surface area contributed by atoms with Crippen LogP contribution in [0.15, 0.2) is 71.6 Å². The van der Waals surface area contributed by atoms with Gasteiger partial charge < -0.3 is 10.1 Å². The quantitative estimate of drug-likeness (QED) is 0.462. The molecule has 1 N–H and O–H groups in total. The fourth-order valence-electron chi connectivity index (χ4n) is 4.29. The number of anilines is 1. The van der Waals surface area contributed by atoms with Gasteiger partial charge in [0.1, 0.15) is 18.1 Å². The van der Waals surface area contributed by atoms with Crippen LogP contribution in [-0.2, 0) is 27.7 Å². The molecule has 0 aliphatic heterocycles. The Labute approximate surface area is 205 Å². The number of halogens is 1. The molecule has 8 heteroatoms. The van der Waals surface area contributed by atoms with E-state index in [1.807, 2.05) is 19.9 Å². The standard InChI is InChI=1S/C27H29FN2O4S/c1-3-34-25-13-11-24(12-14-25)30(35(32,33)26-15-9-23(28)10-16-26)18-27(31)29-19(2)21-8-7-20-5-4-6-22(20)17-21/h7-17,19H,3-6,18H2,1-2H3,(H,29,31)/t19-/m1/s1. The number of aryl methyl sites for hydroxylation is 2. The molecule has 3 aromatic carbocycles. The minimum Gasteiger partial charge on any atom is -0.494 e. The number of sulfonamides is 1. The molecule has 0 spiro atoms. The molecule has 1 atom stereocenters. The van der Waals surface area contributed by atoms with Gasteiger partial charge >= 0.3 is 0 Å². The van der Waals surface area contributed by atoms with Crippen molar-refractivity contribution >= 4 is 21.6 Å². The Morgan fingerprint density at radius 3 is 2.40 bits per heavy atom. The first kappa shape index (κ1) is 24.7. The Morgan fingerprint density at radius 2 is 1.71 bits per heavy atom. The fourth-order valence-corrected chi connectivity index (χ4v) is 5.71. The summed E-state index contributed by atoms with van der Waals surface area (Å²) in [5, 5.41) is 2.92. The van der Waals surface area contributed by atoms with Crippen LogP contribution in [0.5, 0.6) is 5.75 Å². The largest absolute Gasteiger partial charge is 0.494 e. The van der Waals surface area contributed by atoms with E-state index in [9.17, 15) is 17.6 Å². The van der Waals surface area contributed by atoms with Crippen molar-refractivity contribution in [2.45, 2.75) is 44.0 Å². The fraction of sp³-hybridized carbons (Fsp3) is 0.296. The predicted molar refractivity (Wildman–Crippen MR) is 134 cm³/mol. The van der Waals surface area contributed by atoms with Crippen molar-refractivity contribution < 1.29 is 22.3 Å². The predicted octanol–water partition coefficient (Wildman–Crippen LogP) is 4.79. The van der Waals surface area contributed by atoms with Crippen LogP contribution >= 0.6 is 0 Å². The van der Waals surface area contributed by atoms with Gasteiger partial charge in [-0.1, -0.05) is 18.2 Å². The Balaban J connectivity index is 1.58. The molecule has 35 heavy (non-hydrogen) atoms. The number of ether oxygens (including phenoxy) is 1. The van der Waals surface area contributed by atoms with E-state index in [0.717, 1.165) is 41.3 Å². The van der Waals surface area contributed by atoms with Crippen molar-refractivity contribution in [3.05, 3.63) is 89.2 Å². The van der Waals surface area contributed by atoms with Crippen LogP contribution < -0.4 is 14.4 Å². The third-order valence-electron chi connectivity index (χ3n) is 6.12. The molecule has 6 nitrogen and oxygen atoms in total. The van der Waals surface area contributed by atoms with Crippen molar-refractivity contribution in [1.82, 2.24) is 5.32 Å². The van der Waals surface area contributed by atoms with Gasteiger partial charge in [0.25, 0.3) is 10.0 Å². The molecule has 0 heterocycles. The number of carbonyl (C=O) groups excluding carboxylic acids is 1. The monoisotopic (exact) mass is 496 g/mol. The van der Waals surface area contributed by atoms with Gasteiger partial charge in [-0.3, -0.25) is 9.10 Å². The molecule has 1 aliphatic carbocycles. The molecule has 0 saturated carbocycles. The minimum atomic E-state index is -4.13. The van der Waals surface area contributed by atoms with Crippen LogP contribution in [0.3, 0.4) is 0 Å². The van der Waals surface area contributed by atoms with E-state index in [-0.39, 0.29) is 10.9 Å². The number of rotatable bonds is 9. The average molecular weight is 497 g/mol. The van der Waals surface area contributed by atoms with Crippen LogP contribution in [0, 0.1) is 5.82 Å². The lowest BCUT2D eigenvalue weighted by molar-refractivity contribution is -0.120. The van der Waals surface area contributed by atoms with E-state index in [1.54, 1.807) is 24.3 Å². The van der Waals surface area contributed by atoms with Crippen LogP contribution in [0.4, 0.5) is 10.1 Å². The summed E-state index contributed by atoms with van der Waals surface area (Å²) < 4.78 is 46.8. The van der Waals surface area contributed by atoms with Gasteiger partial charge in [-0.15, -0.1) is 0 Å². The number of carbonyl (C=O) groups is 1. The lowest BCUT2D eigenvalue weighted by atomic mass is 10.0. The number of nitrogens with zero attached hydrogens (tertiary/aromatic N) is 1. The average Bonchev–Trinajstić information content (AvgIpc) is 3.31. The van der Waals surface area contributed by atoms with E-state index < -0.39 is 28.3 Å². The van der Waals surface area contributed by atoms with E-state index in [4.69, 9.17) is 4.74 Å². The Hall–Kier alpha value is -3.39. The maximum absolute atomic E-state index is 13.5. The highest BCUT2D eigenvalue weighted by atomic mass is 32.2. The molecule has 3 aromatic rings. The van der Waals surface area contributed by atoms with E-state index in [2.05, 4.69) is 17.4 Å². The first-order valence-electron chi connectivity index (χ1n) is 11.7. The summed E-state index contributed by atoms with van der Waals surface area (Å²) in [7, 11) is -4.13. The summed E-state index contributed by atoms with van der Waals surface area (Å²) in [6.45, 7) is 3.78. The zero-order valence-electron chi connectivity index (χ0n) is 19.8. The van der Waals surface area contributed by atoms with Crippen LogP contribution in [0.1, 0.15) is 43.0 Å². The normalized spacial score (nSPS) is 13.7. The summed E-state index contributed by atoms with van der Waals surface area (Å²) in [4.78, 5) is 12.9. The first-order chi connectivity index (χ1) is 16.8.